The second-order valence-corrected chi connectivity index (χ2v) is 7.57. The topological polar surface area (TPSA) is 59.1 Å². The summed E-state index contributed by atoms with van der Waals surface area (Å²) in [4.78, 5) is 29.7. The van der Waals surface area contributed by atoms with Crippen LogP contribution in [0.15, 0.2) is 42.5 Å². The number of fused-ring (bicyclic) bond motifs is 1. The molecule has 1 saturated carbocycles. The monoisotopic (exact) mass is 394 g/mol. The molecule has 0 bridgehead atoms. The summed E-state index contributed by atoms with van der Waals surface area (Å²) >= 11 is 0. The van der Waals surface area contributed by atoms with Gasteiger partial charge in [-0.1, -0.05) is 12.1 Å². The molecule has 1 amide bonds. The number of anilines is 1. The van der Waals surface area contributed by atoms with Crippen LogP contribution in [0.1, 0.15) is 35.2 Å². The number of hydrogen-bond donors (Lipinski definition) is 0. The van der Waals surface area contributed by atoms with Gasteiger partial charge in [-0.25, -0.2) is 0 Å². The fourth-order valence-electron chi connectivity index (χ4n) is 3.83. The van der Waals surface area contributed by atoms with Crippen LogP contribution in [0.3, 0.4) is 0 Å². The summed E-state index contributed by atoms with van der Waals surface area (Å²) in [5.41, 5.74) is 2.61. The Morgan fingerprint density at radius 1 is 1.07 bits per heavy atom. The van der Waals surface area contributed by atoms with Crippen molar-refractivity contribution in [3.8, 4) is 11.5 Å². The molecule has 29 heavy (non-hydrogen) atoms. The minimum atomic E-state index is -0.00209. The highest BCUT2D eigenvalue weighted by Gasteiger charge is 2.34. The summed E-state index contributed by atoms with van der Waals surface area (Å²) in [6, 6.07) is 13.4. The van der Waals surface area contributed by atoms with Gasteiger partial charge in [0.25, 0.3) is 0 Å². The van der Waals surface area contributed by atoms with Gasteiger partial charge in [0.2, 0.25) is 5.91 Å². The Labute approximate surface area is 171 Å². The van der Waals surface area contributed by atoms with Crippen molar-refractivity contribution < 1.29 is 19.1 Å². The van der Waals surface area contributed by atoms with Crippen LogP contribution < -0.4 is 14.4 Å². The summed E-state index contributed by atoms with van der Waals surface area (Å²) in [6.45, 7) is 1.28. The quantitative estimate of drug-likeness (QED) is 0.704. The van der Waals surface area contributed by atoms with Crippen LogP contribution in [0.25, 0.3) is 0 Å². The fourth-order valence-corrected chi connectivity index (χ4v) is 3.83. The highest BCUT2D eigenvalue weighted by molar-refractivity contribution is 5.99. The van der Waals surface area contributed by atoms with E-state index >= 15 is 0 Å². The highest BCUT2D eigenvalue weighted by atomic mass is 16.5. The van der Waals surface area contributed by atoms with Crippen molar-refractivity contribution in [1.29, 1.82) is 0 Å². The third-order valence-corrected chi connectivity index (χ3v) is 5.60. The molecule has 0 aromatic heterocycles. The Morgan fingerprint density at radius 2 is 1.83 bits per heavy atom. The van der Waals surface area contributed by atoms with Crippen LogP contribution >= 0.6 is 0 Å². The molecule has 6 heteroatoms. The smallest absolute Gasteiger partial charge is 0.224 e. The minimum absolute atomic E-state index is 0.00209. The zero-order valence-corrected chi connectivity index (χ0v) is 16.9. The molecule has 1 aliphatic heterocycles. The van der Waals surface area contributed by atoms with E-state index in [4.69, 9.17) is 9.47 Å². The lowest BCUT2D eigenvalue weighted by atomic mass is 10.1. The van der Waals surface area contributed by atoms with Gasteiger partial charge in [-0.2, -0.15) is 0 Å². The Kier molecular flexibility index (Phi) is 5.43. The molecule has 0 N–H and O–H groups in total. The second-order valence-electron chi connectivity index (χ2n) is 7.57. The van der Waals surface area contributed by atoms with Crippen molar-refractivity contribution in [2.75, 3.05) is 32.2 Å². The fraction of sp³-hybridized carbons (Fsp3) is 0.391. The number of methoxy groups -OCH3 is 2. The molecule has 0 atom stereocenters. The van der Waals surface area contributed by atoms with E-state index in [0.29, 0.717) is 36.9 Å². The van der Waals surface area contributed by atoms with E-state index < -0.39 is 0 Å². The van der Waals surface area contributed by atoms with E-state index in [2.05, 4.69) is 0 Å². The SMILES string of the molecule is COc1cccc(C(=O)CN2CCC(=O)N(C3CC3)Cc3cc(OC)ccc32)c1. The summed E-state index contributed by atoms with van der Waals surface area (Å²) in [6.07, 6.45) is 2.56. The number of benzene rings is 2. The van der Waals surface area contributed by atoms with Gasteiger partial charge in [0, 0.05) is 36.8 Å². The summed E-state index contributed by atoms with van der Waals surface area (Å²) in [5.74, 6) is 1.56. The molecule has 0 radical (unpaired) electrons. The molecule has 0 unspecified atom stereocenters. The average molecular weight is 394 g/mol. The predicted octanol–water partition coefficient (Wildman–Crippen LogP) is 3.29. The molecular weight excluding hydrogens is 368 g/mol. The summed E-state index contributed by atoms with van der Waals surface area (Å²) < 4.78 is 10.6. The highest BCUT2D eigenvalue weighted by Crippen LogP contribution is 2.34. The van der Waals surface area contributed by atoms with Gasteiger partial charge in [-0.15, -0.1) is 0 Å². The lowest BCUT2D eigenvalue weighted by molar-refractivity contribution is -0.132. The molecule has 4 rings (SSSR count). The van der Waals surface area contributed by atoms with Crippen molar-refractivity contribution in [3.05, 3.63) is 53.6 Å². The molecule has 2 aromatic rings. The molecular formula is C23H26N2O4. The van der Waals surface area contributed by atoms with Crippen LogP contribution in [0, 0.1) is 0 Å². The van der Waals surface area contributed by atoms with Gasteiger partial charge < -0.3 is 19.3 Å². The number of rotatable bonds is 6. The molecule has 152 valence electrons. The van der Waals surface area contributed by atoms with Crippen molar-refractivity contribution in [2.45, 2.75) is 31.8 Å². The average Bonchev–Trinajstić information content (AvgIpc) is 3.58. The molecule has 1 fully saturated rings. The number of amides is 1. The van der Waals surface area contributed by atoms with E-state index in [1.165, 1.54) is 0 Å². The number of hydrogen-bond acceptors (Lipinski definition) is 5. The zero-order valence-electron chi connectivity index (χ0n) is 16.9. The van der Waals surface area contributed by atoms with Gasteiger partial charge in [-0.05, 0) is 48.7 Å². The van der Waals surface area contributed by atoms with Gasteiger partial charge in [-0.3, -0.25) is 9.59 Å². The predicted molar refractivity (Wildman–Crippen MR) is 111 cm³/mol. The Hall–Kier alpha value is -3.02. The van der Waals surface area contributed by atoms with Crippen molar-refractivity contribution >= 4 is 17.4 Å². The number of ketones is 1. The summed E-state index contributed by atoms with van der Waals surface area (Å²) in [5, 5.41) is 0. The third kappa shape index (κ3) is 4.21. The van der Waals surface area contributed by atoms with Crippen LogP contribution in [0.2, 0.25) is 0 Å². The van der Waals surface area contributed by atoms with E-state index in [-0.39, 0.29) is 18.2 Å². The first-order valence-electron chi connectivity index (χ1n) is 9.97. The molecule has 2 aliphatic rings. The van der Waals surface area contributed by atoms with Gasteiger partial charge in [0.1, 0.15) is 11.5 Å². The Morgan fingerprint density at radius 3 is 2.55 bits per heavy atom. The second kappa shape index (κ2) is 8.15. The molecule has 1 aliphatic carbocycles. The normalized spacial score (nSPS) is 16.7. The third-order valence-electron chi connectivity index (χ3n) is 5.60. The van der Waals surface area contributed by atoms with Crippen molar-refractivity contribution in [3.63, 3.8) is 0 Å². The lowest BCUT2D eigenvalue weighted by Crippen LogP contribution is -2.40. The van der Waals surface area contributed by atoms with Crippen LogP contribution in [-0.2, 0) is 11.3 Å². The maximum Gasteiger partial charge on any atom is 0.224 e. The van der Waals surface area contributed by atoms with Crippen molar-refractivity contribution in [1.82, 2.24) is 4.90 Å². The van der Waals surface area contributed by atoms with Gasteiger partial charge in [0.15, 0.2) is 5.78 Å². The van der Waals surface area contributed by atoms with E-state index in [1.54, 1.807) is 26.4 Å². The van der Waals surface area contributed by atoms with Crippen LogP contribution in [0.4, 0.5) is 5.69 Å². The maximum atomic E-state index is 13.0. The first kappa shape index (κ1) is 19.3. The molecule has 0 spiro atoms. The lowest BCUT2D eigenvalue weighted by Gasteiger charge is -2.33. The number of carbonyl (C=O) groups excluding carboxylic acids is 2. The van der Waals surface area contributed by atoms with Gasteiger partial charge >= 0.3 is 0 Å². The minimum Gasteiger partial charge on any atom is -0.497 e. The number of ether oxygens (including phenoxy) is 2. The van der Waals surface area contributed by atoms with E-state index in [9.17, 15) is 9.59 Å². The summed E-state index contributed by atoms with van der Waals surface area (Å²) in [7, 11) is 3.22. The molecule has 6 nitrogen and oxygen atoms in total. The molecule has 2 aromatic carbocycles. The number of carbonyl (C=O) groups is 2. The Balaban J connectivity index is 1.63. The number of Topliss-reactive ketones (excluding diaryl/α,β-unsaturated/α-hetero) is 1. The first-order valence-corrected chi connectivity index (χ1v) is 9.97. The maximum absolute atomic E-state index is 13.0. The van der Waals surface area contributed by atoms with Crippen LogP contribution in [-0.4, -0.2) is 49.9 Å². The van der Waals surface area contributed by atoms with E-state index in [1.807, 2.05) is 40.1 Å². The zero-order chi connectivity index (χ0) is 20.4. The Bertz CT molecular complexity index is 923. The molecule has 1 heterocycles. The van der Waals surface area contributed by atoms with Gasteiger partial charge in [0.05, 0.1) is 20.8 Å². The van der Waals surface area contributed by atoms with Crippen molar-refractivity contribution in [2.24, 2.45) is 0 Å². The number of nitrogens with zero attached hydrogens (tertiary/aromatic N) is 2. The first-order chi connectivity index (χ1) is 14.1. The van der Waals surface area contributed by atoms with E-state index in [0.717, 1.165) is 29.8 Å². The van der Waals surface area contributed by atoms with Crippen LogP contribution in [0.5, 0.6) is 11.5 Å². The molecule has 0 saturated heterocycles. The largest absolute Gasteiger partial charge is 0.497 e. The standard InChI is InChI=1S/C23H26N2O4/c1-28-19-5-3-4-16(12-19)22(26)15-24-11-10-23(27)25(18-6-7-18)14-17-13-20(29-2)8-9-21(17)24/h3-5,8-9,12-13,18H,6-7,10-11,14-15H2,1-2H3.